The van der Waals surface area contributed by atoms with Crippen LogP contribution in [0.4, 0.5) is 18.9 Å². The number of amides is 1. The lowest BCUT2D eigenvalue weighted by Crippen LogP contribution is -2.40. The Morgan fingerprint density at radius 2 is 1.76 bits per heavy atom. The molecule has 1 aliphatic heterocycles. The van der Waals surface area contributed by atoms with Crippen LogP contribution in [0.15, 0.2) is 66.7 Å². The van der Waals surface area contributed by atoms with Crippen LogP contribution in [0.3, 0.4) is 0 Å². The summed E-state index contributed by atoms with van der Waals surface area (Å²) in [5, 5.41) is 2.59. The van der Waals surface area contributed by atoms with Gasteiger partial charge in [-0.1, -0.05) is 12.1 Å². The van der Waals surface area contributed by atoms with Crippen LogP contribution in [0.1, 0.15) is 18.7 Å². The van der Waals surface area contributed by atoms with E-state index in [1.54, 1.807) is 12.1 Å². The summed E-state index contributed by atoms with van der Waals surface area (Å²) in [7, 11) is 0. The van der Waals surface area contributed by atoms with Crippen LogP contribution in [-0.4, -0.2) is 33.4 Å². The van der Waals surface area contributed by atoms with Crippen molar-refractivity contribution in [2.75, 3.05) is 18.4 Å². The number of para-hydroxylation sites is 2. The lowest BCUT2D eigenvalue weighted by atomic mass is 9.97. The smallest absolute Gasteiger partial charge is 0.228 e. The third-order valence-corrected chi connectivity index (χ3v) is 6.15. The van der Waals surface area contributed by atoms with Gasteiger partial charge in [-0.25, -0.2) is 18.2 Å². The number of nitrogens with one attached hydrogen (secondary N) is 1. The van der Waals surface area contributed by atoms with Gasteiger partial charge in [0.25, 0.3) is 0 Å². The van der Waals surface area contributed by atoms with Gasteiger partial charge in [-0.05, 0) is 67.9 Å². The molecule has 0 spiro atoms. The molecule has 34 heavy (non-hydrogen) atoms. The molecule has 2 heterocycles. The Labute approximate surface area is 194 Å². The van der Waals surface area contributed by atoms with Crippen molar-refractivity contribution >= 4 is 22.6 Å². The van der Waals surface area contributed by atoms with Gasteiger partial charge in [0, 0.05) is 18.3 Å². The van der Waals surface area contributed by atoms with Crippen molar-refractivity contribution in [1.29, 1.82) is 0 Å². The summed E-state index contributed by atoms with van der Waals surface area (Å²) < 4.78 is 42.7. The largest absolute Gasteiger partial charge is 0.323 e. The van der Waals surface area contributed by atoms with E-state index in [0.29, 0.717) is 19.5 Å². The van der Waals surface area contributed by atoms with Gasteiger partial charge in [-0.2, -0.15) is 0 Å². The molecule has 3 aromatic carbocycles. The molecule has 1 aromatic heterocycles. The predicted octanol–water partition coefficient (Wildman–Crippen LogP) is 5.29. The van der Waals surface area contributed by atoms with E-state index in [-0.39, 0.29) is 23.3 Å². The van der Waals surface area contributed by atoms with Gasteiger partial charge in [-0.3, -0.25) is 14.3 Å². The molecule has 0 unspecified atom stereocenters. The number of nitrogens with zero attached hydrogens (tertiary/aromatic N) is 3. The average molecular weight is 464 g/mol. The topological polar surface area (TPSA) is 50.2 Å². The van der Waals surface area contributed by atoms with E-state index in [9.17, 15) is 18.0 Å². The molecule has 1 N–H and O–H groups in total. The first-order chi connectivity index (χ1) is 16.5. The third-order valence-electron chi connectivity index (χ3n) is 6.15. The van der Waals surface area contributed by atoms with Crippen LogP contribution in [0.5, 0.6) is 0 Å². The molecule has 0 saturated carbocycles. The quantitative estimate of drug-likeness (QED) is 0.437. The Morgan fingerprint density at radius 1 is 1.00 bits per heavy atom. The zero-order chi connectivity index (χ0) is 23.7. The maximum absolute atomic E-state index is 14.0. The van der Waals surface area contributed by atoms with Gasteiger partial charge in [0.2, 0.25) is 5.91 Å². The number of aromatic nitrogens is 2. The minimum atomic E-state index is -0.797. The van der Waals surface area contributed by atoms with Crippen LogP contribution in [0.2, 0.25) is 0 Å². The highest BCUT2D eigenvalue weighted by molar-refractivity contribution is 5.92. The van der Waals surface area contributed by atoms with E-state index >= 15 is 0 Å². The van der Waals surface area contributed by atoms with Crippen molar-refractivity contribution in [1.82, 2.24) is 14.5 Å². The molecule has 1 saturated heterocycles. The standard InChI is InChI=1S/C26H23F3N4O/c27-18-7-10-20(11-8-18)33-24-6-2-1-5-23(24)30-25(33)16-32-13-3-4-17(15-32)26(34)31-22-12-9-19(28)14-21(22)29/h1-2,5-12,14,17H,3-4,13,15-16H2,(H,31,34)/t17-/m0/s1. The van der Waals surface area contributed by atoms with Crippen molar-refractivity contribution in [2.45, 2.75) is 19.4 Å². The van der Waals surface area contributed by atoms with Crippen molar-refractivity contribution in [3.05, 3.63) is 90.0 Å². The van der Waals surface area contributed by atoms with Crippen LogP contribution < -0.4 is 5.32 Å². The SMILES string of the molecule is O=C(Nc1ccc(F)cc1F)[C@H]1CCCN(Cc2nc3ccccc3n2-c2ccc(F)cc2)C1. The number of piperidine rings is 1. The molecular formula is C26H23F3N4O. The number of carbonyl (C=O) groups is 1. The van der Waals surface area contributed by atoms with E-state index < -0.39 is 11.6 Å². The highest BCUT2D eigenvalue weighted by Gasteiger charge is 2.27. The fourth-order valence-electron chi connectivity index (χ4n) is 4.50. The molecule has 1 fully saturated rings. The molecular weight excluding hydrogens is 441 g/mol. The van der Waals surface area contributed by atoms with E-state index in [2.05, 4.69) is 10.2 Å². The lowest BCUT2D eigenvalue weighted by molar-refractivity contribution is -0.121. The van der Waals surface area contributed by atoms with Crippen LogP contribution >= 0.6 is 0 Å². The molecule has 1 amide bonds. The van der Waals surface area contributed by atoms with Crippen LogP contribution in [0.25, 0.3) is 16.7 Å². The molecule has 8 heteroatoms. The number of imidazole rings is 1. The van der Waals surface area contributed by atoms with Gasteiger partial charge in [0.15, 0.2) is 0 Å². The second-order valence-electron chi connectivity index (χ2n) is 8.52. The molecule has 5 rings (SSSR count). The zero-order valence-electron chi connectivity index (χ0n) is 18.3. The number of carbonyl (C=O) groups excluding carboxylic acids is 1. The Balaban J connectivity index is 1.36. The van der Waals surface area contributed by atoms with Crippen molar-refractivity contribution < 1.29 is 18.0 Å². The molecule has 1 atom stereocenters. The van der Waals surface area contributed by atoms with E-state index in [1.807, 2.05) is 28.8 Å². The Kier molecular flexibility index (Phi) is 6.06. The summed E-state index contributed by atoms with van der Waals surface area (Å²) in [4.78, 5) is 19.8. The maximum atomic E-state index is 14.0. The molecule has 0 bridgehead atoms. The molecule has 1 aliphatic rings. The number of benzene rings is 3. The summed E-state index contributed by atoms with van der Waals surface area (Å²) in [6, 6.07) is 17.1. The second kappa shape index (κ2) is 9.30. The predicted molar refractivity (Wildman–Crippen MR) is 124 cm³/mol. The highest BCUT2D eigenvalue weighted by Crippen LogP contribution is 2.26. The Hall–Kier alpha value is -3.65. The van der Waals surface area contributed by atoms with E-state index in [1.165, 1.54) is 18.2 Å². The van der Waals surface area contributed by atoms with Crippen molar-refractivity contribution in [2.24, 2.45) is 5.92 Å². The number of halogens is 3. The fraction of sp³-hybridized carbons (Fsp3) is 0.231. The second-order valence-corrected chi connectivity index (χ2v) is 8.52. The zero-order valence-corrected chi connectivity index (χ0v) is 18.3. The summed E-state index contributed by atoms with van der Waals surface area (Å²) in [5.74, 6) is -1.63. The van der Waals surface area contributed by atoms with Crippen LogP contribution in [-0.2, 0) is 11.3 Å². The average Bonchev–Trinajstić information content (AvgIpc) is 3.19. The monoisotopic (exact) mass is 464 g/mol. The first-order valence-corrected chi connectivity index (χ1v) is 11.2. The molecule has 4 aromatic rings. The summed E-state index contributed by atoms with van der Waals surface area (Å²) in [6.45, 7) is 1.78. The Morgan fingerprint density at radius 3 is 2.56 bits per heavy atom. The van der Waals surface area contributed by atoms with Gasteiger partial charge < -0.3 is 5.32 Å². The first kappa shape index (κ1) is 22.2. The molecule has 5 nitrogen and oxygen atoms in total. The summed E-state index contributed by atoms with van der Waals surface area (Å²) in [6.07, 6.45) is 1.49. The van der Waals surface area contributed by atoms with Gasteiger partial charge in [0.05, 0.1) is 29.2 Å². The summed E-state index contributed by atoms with van der Waals surface area (Å²) >= 11 is 0. The van der Waals surface area contributed by atoms with Crippen LogP contribution in [0, 0.1) is 23.4 Å². The fourth-order valence-corrected chi connectivity index (χ4v) is 4.50. The minimum absolute atomic E-state index is 0.0263. The first-order valence-electron chi connectivity index (χ1n) is 11.2. The van der Waals surface area contributed by atoms with Gasteiger partial charge in [0.1, 0.15) is 23.3 Å². The lowest BCUT2D eigenvalue weighted by Gasteiger charge is -2.31. The van der Waals surface area contributed by atoms with Crippen molar-refractivity contribution in [3.63, 3.8) is 0 Å². The third kappa shape index (κ3) is 4.54. The normalized spacial score (nSPS) is 16.6. The molecule has 174 valence electrons. The molecule has 0 aliphatic carbocycles. The summed E-state index contributed by atoms with van der Waals surface area (Å²) in [5.41, 5.74) is 2.53. The number of rotatable bonds is 5. The van der Waals surface area contributed by atoms with E-state index in [0.717, 1.165) is 47.6 Å². The number of hydrogen-bond donors (Lipinski definition) is 1. The number of anilines is 1. The number of likely N-dealkylation sites (tertiary alicyclic amines) is 1. The van der Waals surface area contributed by atoms with Gasteiger partial charge in [-0.15, -0.1) is 0 Å². The Bertz CT molecular complexity index is 1340. The minimum Gasteiger partial charge on any atom is -0.323 e. The number of fused-ring (bicyclic) bond motifs is 1. The van der Waals surface area contributed by atoms with Crippen molar-refractivity contribution in [3.8, 4) is 5.69 Å². The molecule has 0 radical (unpaired) electrons. The number of hydrogen-bond acceptors (Lipinski definition) is 3. The highest BCUT2D eigenvalue weighted by atomic mass is 19.1. The van der Waals surface area contributed by atoms with Gasteiger partial charge >= 0.3 is 0 Å². The maximum Gasteiger partial charge on any atom is 0.228 e. The van der Waals surface area contributed by atoms with E-state index in [4.69, 9.17) is 4.98 Å².